The van der Waals surface area contributed by atoms with Crippen LogP contribution in [-0.2, 0) is 4.79 Å². The van der Waals surface area contributed by atoms with Crippen LogP contribution in [0.25, 0.3) is 0 Å². The largest absolute Gasteiger partial charge is 0.367 e. The van der Waals surface area contributed by atoms with Crippen LogP contribution in [-0.4, -0.2) is 43.0 Å². The number of benzene rings is 1. The smallest absolute Gasteiger partial charge is 0.225 e. The number of nitrogens with two attached hydrogens (primary N) is 1. The summed E-state index contributed by atoms with van der Waals surface area (Å²) in [7, 11) is 0. The van der Waals surface area contributed by atoms with E-state index in [9.17, 15) is 4.79 Å². The fourth-order valence-corrected chi connectivity index (χ4v) is 3.63. The molecule has 0 radical (unpaired) electrons. The summed E-state index contributed by atoms with van der Waals surface area (Å²) in [6.45, 7) is 3.23. The second-order valence-corrected chi connectivity index (χ2v) is 6.44. The second-order valence-electron chi connectivity index (χ2n) is 6.03. The van der Waals surface area contributed by atoms with Crippen LogP contribution >= 0.6 is 11.6 Å². The molecule has 2 fully saturated rings. The Balaban J connectivity index is 1.58. The molecule has 1 aromatic carbocycles. The Hall–Kier alpha value is -1.26. The van der Waals surface area contributed by atoms with Gasteiger partial charge in [-0.15, -0.1) is 0 Å². The Bertz CT molecular complexity index is 514. The summed E-state index contributed by atoms with van der Waals surface area (Å²) in [5.41, 5.74) is 6.98. The van der Waals surface area contributed by atoms with E-state index >= 15 is 0 Å². The van der Waals surface area contributed by atoms with Crippen molar-refractivity contribution in [2.24, 2.45) is 11.7 Å². The zero-order valence-electron chi connectivity index (χ0n) is 12.2. The molecule has 2 atom stereocenters. The first-order chi connectivity index (χ1) is 10.1. The molecule has 114 valence electrons. The first-order valence-electron chi connectivity index (χ1n) is 7.69. The summed E-state index contributed by atoms with van der Waals surface area (Å²) in [5, 5.41) is 0.777. The van der Waals surface area contributed by atoms with Crippen LogP contribution in [0, 0.1) is 5.92 Å². The topological polar surface area (TPSA) is 49.6 Å². The summed E-state index contributed by atoms with van der Waals surface area (Å²) in [5.74, 6) is 0.439. The second kappa shape index (κ2) is 6.24. The van der Waals surface area contributed by atoms with E-state index in [4.69, 9.17) is 17.3 Å². The third kappa shape index (κ3) is 3.16. The average Bonchev–Trinajstić information content (AvgIpc) is 2.94. The summed E-state index contributed by atoms with van der Waals surface area (Å²) in [6, 6.07) is 8.10. The van der Waals surface area contributed by atoms with Gasteiger partial charge in [-0.25, -0.2) is 0 Å². The minimum Gasteiger partial charge on any atom is -0.367 e. The summed E-state index contributed by atoms with van der Waals surface area (Å²) in [6.07, 6.45) is 2.78. The zero-order valence-corrected chi connectivity index (χ0v) is 12.9. The van der Waals surface area contributed by atoms with Crippen molar-refractivity contribution >= 4 is 23.2 Å². The number of nitrogens with zero attached hydrogens (tertiary/aromatic N) is 2. The molecule has 0 aromatic heterocycles. The molecule has 1 aliphatic heterocycles. The number of carbonyl (C=O) groups excluding carboxylic acids is 1. The van der Waals surface area contributed by atoms with Gasteiger partial charge in [-0.3, -0.25) is 4.79 Å². The lowest BCUT2D eigenvalue weighted by molar-refractivity contribution is -0.135. The van der Waals surface area contributed by atoms with Crippen LogP contribution in [0.1, 0.15) is 19.3 Å². The van der Waals surface area contributed by atoms with Gasteiger partial charge < -0.3 is 15.5 Å². The quantitative estimate of drug-likeness (QED) is 0.910. The van der Waals surface area contributed by atoms with Crippen molar-refractivity contribution in [2.75, 3.05) is 31.1 Å². The van der Waals surface area contributed by atoms with Gasteiger partial charge in [-0.05, 0) is 31.4 Å². The fourth-order valence-electron chi connectivity index (χ4n) is 3.37. The normalized spacial score (nSPS) is 26.2. The molecule has 0 unspecified atom stereocenters. The molecule has 21 heavy (non-hydrogen) atoms. The molecule has 2 N–H and O–H groups in total. The molecular formula is C16H22ClN3O. The van der Waals surface area contributed by atoms with E-state index in [1.54, 1.807) is 0 Å². The van der Waals surface area contributed by atoms with Crippen molar-refractivity contribution in [3.63, 3.8) is 0 Å². The van der Waals surface area contributed by atoms with Crippen LogP contribution < -0.4 is 10.6 Å². The number of para-hydroxylation sites is 1. The van der Waals surface area contributed by atoms with Gasteiger partial charge in [0.05, 0.1) is 10.7 Å². The predicted octanol–water partition coefficient (Wildman–Crippen LogP) is 2.12. The number of halogens is 1. The highest BCUT2D eigenvalue weighted by atomic mass is 35.5. The first-order valence-corrected chi connectivity index (χ1v) is 8.07. The van der Waals surface area contributed by atoms with Gasteiger partial charge in [0.25, 0.3) is 0 Å². The number of rotatable bonds is 2. The molecule has 4 nitrogen and oxygen atoms in total. The van der Waals surface area contributed by atoms with E-state index in [-0.39, 0.29) is 12.0 Å². The van der Waals surface area contributed by atoms with E-state index in [0.29, 0.717) is 5.91 Å². The van der Waals surface area contributed by atoms with Gasteiger partial charge in [0.1, 0.15) is 0 Å². The number of anilines is 1. The van der Waals surface area contributed by atoms with Gasteiger partial charge in [0.2, 0.25) is 5.91 Å². The number of hydrogen-bond acceptors (Lipinski definition) is 3. The lowest BCUT2D eigenvalue weighted by Gasteiger charge is -2.37. The highest BCUT2D eigenvalue weighted by molar-refractivity contribution is 6.33. The standard InChI is InChI=1S/C16H22ClN3O/c17-14-3-1-2-4-15(14)19-7-9-20(10-8-19)16(21)12-5-6-13(18)11-12/h1-4,12-13H,5-11,18H2/t12-,13+/m1/s1. The van der Waals surface area contributed by atoms with Gasteiger partial charge in [0.15, 0.2) is 0 Å². The molecule has 1 aliphatic carbocycles. The van der Waals surface area contributed by atoms with Gasteiger partial charge in [-0.1, -0.05) is 23.7 Å². The lowest BCUT2D eigenvalue weighted by atomic mass is 10.1. The molecule has 2 aliphatic rings. The predicted molar refractivity (Wildman–Crippen MR) is 85.6 cm³/mol. The Morgan fingerprint density at radius 3 is 2.48 bits per heavy atom. The van der Waals surface area contributed by atoms with E-state index in [1.165, 1.54) is 0 Å². The molecule has 0 bridgehead atoms. The summed E-state index contributed by atoms with van der Waals surface area (Å²) >= 11 is 6.24. The molecule has 1 saturated carbocycles. The molecule has 3 rings (SSSR count). The van der Waals surface area contributed by atoms with Crippen LogP contribution in [0.4, 0.5) is 5.69 Å². The van der Waals surface area contributed by atoms with Crippen molar-refractivity contribution < 1.29 is 4.79 Å². The number of hydrogen-bond donors (Lipinski definition) is 1. The maximum absolute atomic E-state index is 12.5. The molecule has 1 saturated heterocycles. The molecule has 1 aromatic rings. The van der Waals surface area contributed by atoms with Crippen molar-refractivity contribution in [2.45, 2.75) is 25.3 Å². The minimum atomic E-state index is 0.145. The highest BCUT2D eigenvalue weighted by Crippen LogP contribution is 2.28. The van der Waals surface area contributed by atoms with Crippen LogP contribution in [0.15, 0.2) is 24.3 Å². The number of amides is 1. The zero-order chi connectivity index (χ0) is 14.8. The molecule has 5 heteroatoms. The van der Waals surface area contributed by atoms with Crippen LogP contribution in [0.2, 0.25) is 5.02 Å². The molecule has 1 amide bonds. The van der Waals surface area contributed by atoms with Gasteiger partial charge in [0, 0.05) is 38.1 Å². The third-order valence-corrected chi connectivity index (χ3v) is 4.93. The Kier molecular flexibility index (Phi) is 4.36. The maximum atomic E-state index is 12.5. The van der Waals surface area contributed by atoms with E-state index in [1.807, 2.05) is 29.2 Å². The maximum Gasteiger partial charge on any atom is 0.225 e. The van der Waals surface area contributed by atoms with Crippen molar-refractivity contribution in [1.82, 2.24) is 4.90 Å². The van der Waals surface area contributed by atoms with E-state index in [0.717, 1.165) is 56.2 Å². The Labute approximate surface area is 130 Å². The van der Waals surface area contributed by atoms with Crippen LogP contribution in [0.5, 0.6) is 0 Å². The third-order valence-electron chi connectivity index (χ3n) is 4.61. The average molecular weight is 308 g/mol. The molecular weight excluding hydrogens is 286 g/mol. The van der Waals surface area contributed by atoms with Gasteiger partial charge >= 0.3 is 0 Å². The monoisotopic (exact) mass is 307 g/mol. The fraction of sp³-hybridized carbons (Fsp3) is 0.562. The number of carbonyl (C=O) groups is 1. The SMILES string of the molecule is N[C@H]1CC[C@@H](C(=O)N2CCN(c3ccccc3Cl)CC2)C1. The first kappa shape index (κ1) is 14.7. The summed E-state index contributed by atoms with van der Waals surface area (Å²) < 4.78 is 0. The molecule has 0 spiro atoms. The molecule has 1 heterocycles. The van der Waals surface area contributed by atoms with Crippen molar-refractivity contribution in [1.29, 1.82) is 0 Å². The van der Waals surface area contributed by atoms with E-state index < -0.39 is 0 Å². The van der Waals surface area contributed by atoms with Crippen molar-refractivity contribution in [3.8, 4) is 0 Å². The summed E-state index contributed by atoms with van der Waals surface area (Å²) in [4.78, 5) is 16.7. The highest BCUT2D eigenvalue weighted by Gasteiger charge is 2.32. The Morgan fingerprint density at radius 2 is 1.86 bits per heavy atom. The van der Waals surface area contributed by atoms with Crippen LogP contribution in [0.3, 0.4) is 0 Å². The van der Waals surface area contributed by atoms with Gasteiger partial charge in [-0.2, -0.15) is 0 Å². The minimum absolute atomic E-state index is 0.145. The number of piperazine rings is 1. The van der Waals surface area contributed by atoms with Crippen molar-refractivity contribution in [3.05, 3.63) is 29.3 Å². The Morgan fingerprint density at radius 1 is 1.14 bits per heavy atom. The van der Waals surface area contributed by atoms with E-state index in [2.05, 4.69) is 4.90 Å². The lowest BCUT2D eigenvalue weighted by Crippen LogP contribution is -2.50.